The van der Waals surface area contributed by atoms with Crippen molar-refractivity contribution in [2.75, 3.05) is 17.7 Å². The highest BCUT2D eigenvalue weighted by Crippen LogP contribution is 2.19. The number of amides is 1. The van der Waals surface area contributed by atoms with E-state index in [1.807, 2.05) is 38.1 Å². The van der Waals surface area contributed by atoms with Crippen molar-refractivity contribution in [2.24, 2.45) is 0 Å². The summed E-state index contributed by atoms with van der Waals surface area (Å²) in [5, 5.41) is 7.87. The van der Waals surface area contributed by atoms with Crippen LogP contribution in [0, 0.1) is 6.92 Å². The fourth-order valence-corrected chi connectivity index (χ4v) is 3.63. The Morgan fingerprint density at radius 1 is 1.16 bits per heavy atom. The van der Waals surface area contributed by atoms with Gasteiger partial charge in [-0.15, -0.1) is 0 Å². The first-order valence-electron chi connectivity index (χ1n) is 9.74. The molecule has 1 amide bonds. The van der Waals surface area contributed by atoms with Gasteiger partial charge in [0.1, 0.15) is 11.1 Å². The number of nitrogens with zero attached hydrogens (tertiary/aromatic N) is 3. The molecule has 0 aliphatic heterocycles. The number of aryl methyl sites for hydroxylation is 1. The van der Waals surface area contributed by atoms with E-state index in [-0.39, 0.29) is 17.2 Å². The van der Waals surface area contributed by atoms with Crippen LogP contribution in [-0.2, 0) is 4.79 Å². The Balaban J connectivity index is 1.48. The van der Waals surface area contributed by atoms with Gasteiger partial charge in [-0.1, -0.05) is 29.5 Å². The van der Waals surface area contributed by atoms with E-state index in [1.54, 1.807) is 28.9 Å². The molecule has 2 N–H and O–H groups in total. The zero-order chi connectivity index (χ0) is 21.8. The number of hydrogen-bond donors (Lipinski definition) is 2. The molecule has 9 heteroatoms. The molecule has 0 saturated carbocycles. The fourth-order valence-electron chi connectivity index (χ4n) is 2.97. The minimum atomic E-state index is -0.294. The Bertz CT molecular complexity index is 1260. The number of thioether (sulfide) groups is 1. The normalized spacial score (nSPS) is 10.9. The third kappa shape index (κ3) is 4.77. The lowest BCUT2D eigenvalue weighted by molar-refractivity contribution is -0.113. The topological polar surface area (TPSA) is 102 Å². The molecular formula is C22H21N5O3S. The van der Waals surface area contributed by atoms with Gasteiger partial charge in [0.25, 0.3) is 5.56 Å². The van der Waals surface area contributed by atoms with Crippen LogP contribution in [0.5, 0.6) is 5.75 Å². The predicted molar refractivity (Wildman–Crippen MR) is 121 cm³/mol. The van der Waals surface area contributed by atoms with Crippen molar-refractivity contribution in [3.05, 3.63) is 70.6 Å². The molecule has 0 aliphatic rings. The number of aromatic nitrogens is 4. The van der Waals surface area contributed by atoms with Crippen LogP contribution in [0.1, 0.15) is 12.5 Å². The highest BCUT2D eigenvalue weighted by molar-refractivity contribution is 7.99. The van der Waals surface area contributed by atoms with Crippen molar-refractivity contribution in [2.45, 2.75) is 19.0 Å². The van der Waals surface area contributed by atoms with Crippen molar-refractivity contribution in [1.29, 1.82) is 0 Å². The molecule has 2 heterocycles. The van der Waals surface area contributed by atoms with Crippen LogP contribution >= 0.6 is 11.8 Å². The minimum absolute atomic E-state index is 0.0975. The van der Waals surface area contributed by atoms with Crippen molar-refractivity contribution in [3.63, 3.8) is 0 Å². The van der Waals surface area contributed by atoms with Gasteiger partial charge in [-0.2, -0.15) is 5.10 Å². The molecule has 2 aromatic heterocycles. The summed E-state index contributed by atoms with van der Waals surface area (Å²) in [5.74, 6) is 0.638. The van der Waals surface area contributed by atoms with Crippen molar-refractivity contribution in [1.82, 2.24) is 19.7 Å². The molecule has 158 valence electrons. The van der Waals surface area contributed by atoms with Gasteiger partial charge in [0.2, 0.25) is 5.91 Å². The van der Waals surface area contributed by atoms with Gasteiger partial charge in [0, 0.05) is 5.69 Å². The second-order valence-electron chi connectivity index (χ2n) is 6.79. The van der Waals surface area contributed by atoms with Gasteiger partial charge >= 0.3 is 0 Å². The Hall–Kier alpha value is -3.59. The van der Waals surface area contributed by atoms with Gasteiger partial charge in [-0.25, -0.2) is 9.67 Å². The molecule has 4 rings (SSSR count). The minimum Gasteiger partial charge on any atom is -0.494 e. The van der Waals surface area contributed by atoms with Gasteiger partial charge in [-0.3, -0.25) is 9.59 Å². The molecule has 0 bridgehead atoms. The standard InChI is InChI=1S/C22H21N5O3S/c1-3-30-17-10-6-15(7-11-17)24-19(28)13-31-22-25-20-18(21(29)26-22)12-23-27(20)16-8-4-14(2)5-9-16/h4-12H,3,13H2,1-2H3,(H,24,28)(H,25,26,29). The second kappa shape index (κ2) is 9.05. The largest absolute Gasteiger partial charge is 0.494 e. The van der Waals surface area contributed by atoms with Gasteiger partial charge in [-0.05, 0) is 50.2 Å². The summed E-state index contributed by atoms with van der Waals surface area (Å²) in [5.41, 5.74) is 2.76. The Labute approximate surface area is 182 Å². The van der Waals surface area contributed by atoms with E-state index in [2.05, 4.69) is 20.4 Å². The molecular weight excluding hydrogens is 414 g/mol. The van der Waals surface area contributed by atoms with E-state index in [0.29, 0.717) is 28.5 Å². The van der Waals surface area contributed by atoms with Gasteiger partial charge in [0.15, 0.2) is 10.8 Å². The SMILES string of the molecule is CCOc1ccc(NC(=O)CSc2nc3c(cnn3-c3ccc(C)cc3)c(=O)[nH]2)cc1. The number of hydrogen-bond acceptors (Lipinski definition) is 6. The first kappa shape index (κ1) is 20.7. The number of aromatic amines is 1. The molecule has 0 fully saturated rings. The van der Waals surface area contributed by atoms with Crippen LogP contribution in [0.2, 0.25) is 0 Å². The van der Waals surface area contributed by atoms with E-state index in [9.17, 15) is 9.59 Å². The van der Waals surface area contributed by atoms with E-state index in [4.69, 9.17) is 4.74 Å². The number of carbonyl (C=O) groups excluding carboxylic acids is 1. The number of H-pyrrole nitrogens is 1. The maximum absolute atomic E-state index is 12.4. The first-order chi connectivity index (χ1) is 15.0. The summed E-state index contributed by atoms with van der Waals surface area (Å²) in [4.78, 5) is 32.0. The van der Waals surface area contributed by atoms with E-state index in [1.165, 1.54) is 6.20 Å². The molecule has 0 aliphatic carbocycles. The summed E-state index contributed by atoms with van der Waals surface area (Å²) < 4.78 is 7.01. The van der Waals surface area contributed by atoms with Crippen LogP contribution in [0.3, 0.4) is 0 Å². The lowest BCUT2D eigenvalue weighted by Gasteiger charge is -2.07. The average molecular weight is 436 g/mol. The van der Waals surface area contributed by atoms with Crippen LogP contribution in [0.4, 0.5) is 5.69 Å². The Morgan fingerprint density at radius 3 is 2.61 bits per heavy atom. The maximum Gasteiger partial charge on any atom is 0.262 e. The van der Waals surface area contributed by atoms with E-state index >= 15 is 0 Å². The predicted octanol–water partition coefficient (Wildman–Crippen LogP) is 3.55. The first-order valence-corrected chi connectivity index (χ1v) is 10.7. The zero-order valence-electron chi connectivity index (χ0n) is 17.1. The molecule has 0 atom stereocenters. The Kier molecular flexibility index (Phi) is 6.03. The number of anilines is 1. The summed E-state index contributed by atoms with van der Waals surface area (Å²) in [6, 6.07) is 14.9. The molecule has 0 saturated heterocycles. The summed E-state index contributed by atoms with van der Waals surface area (Å²) in [6.45, 7) is 4.50. The quantitative estimate of drug-likeness (QED) is 0.340. The molecule has 2 aromatic carbocycles. The van der Waals surface area contributed by atoms with Crippen LogP contribution in [0.15, 0.2) is 64.7 Å². The molecule has 31 heavy (non-hydrogen) atoms. The maximum atomic E-state index is 12.4. The second-order valence-corrected chi connectivity index (χ2v) is 7.76. The van der Waals surface area contributed by atoms with Crippen molar-refractivity contribution >= 4 is 34.4 Å². The molecule has 0 radical (unpaired) electrons. The van der Waals surface area contributed by atoms with E-state index < -0.39 is 0 Å². The average Bonchev–Trinajstić information content (AvgIpc) is 3.19. The van der Waals surface area contributed by atoms with Crippen molar-refractivity contribution in [3.8, 4) is 11.4 Å². The van der Waals surface area contributed by atoms with Crippen LogP contribution in [-0.4, -0.2) is 38.0 Å². The highest BCUT2D eigenvalue weighted by Gasteiger charge is 2.13. The number of nitrogens with one attached hydrogen (secondary N) is 2. The summed E-state index contributed by atoms with van der Waals surface area (Å²) in [6.07, 6.45) is 1.49. The molecule has 4 aromatic rings. The smallest absolute Gasteiger partial charge is 0.262 e. The summed E-state index contributed by atoms with van der Waals surface area (Å²) >= 11 is 1.15. The monoisotopic (exact) mass is 435 g/mol. The van der Waals surface area contributed by atoms with Crippen LogP contribution in [0.25, 0.3) is 16.7 Å². The molecule has 0 spiro atoms. The number of benzene rings is 2. The van der Waals surface area contributed by atoms with Crippen LogP contribution < -0.4 is 15.6 Å². The number of fused-ring (bicyclic) bond motifs is 1. The highest BCUT2D eigenvalue weighted by atomic mass is 32.2. The number of ether oxygens (including phenoxy) is 1. The lowest BCUT2D eigenvalue weighted by Crippen LogP contribution is -2.15. The third-order valence-corrected chi connectivity index (χ3v) is 5.36. The lowest BCUT2D eigenvalue weighted by atomic mass is 10.2. The molecule has 8 nitrogen and oxygen atoms in total. The number of rotatable bonds is 7. The third-order valence-electron chi connectivity index (χ3n) is 4.48. The molecule has 0 unspecified atom stereocenters. The van der Waals surface area contributed by atoms with Crippen molar-refractivity contribution < 1.29 is 9.53 Å². The Morgan fingerprint density at radius 2 is 1.90 bits per heavy atom. The van der Waals surface area contributed by atoms with Gasteiger partial charge in [0.05, 0.1) is 24.2 Å². The van der Waals surface area contributed by atoms with E-state index in [0.717, 1.165) is 28.8 Å². The zero-order valence-corrected chi connectivity index (χ0v) is 17.9. The van der Waals surface area contributed by atoms with Gasteiger partial charge < -0.3 is 15.0 Å². The fraction of sp³-hybridized carbons (Fsp3) is 0.182. The summed E-state index contributed by atoms with van der Waals surface area (Å²) in [7, 11) is 0. The number of carbonyl (C=O) groups is 1.